The Labute approximate surface area is 257 Å². The quantitative estimate of drug-likeness (QED) is 0.210. The fourth-order valence-corrected chi connectivity index (χ4v) is 6.79. The van der Waals surface area contributed by atoms with E-state index in [1.807, 2.05) is 30.3 Å². The van der Waals surface area contributed by atoms with Gasteiger partial charge in [-0.05, 0) is 62.6 Å². The van der Waals surface area contributed by atoms with Crippen molar-refractivity contribution in [2.24, 2.45) is 9.98 Å². The van der Waals surface area contributed by atoms with Gasteiger partial charge < -0.3 is 9.73 Å². The highest BCUT2D eigenvalue weighted by atomic mass is 35.5. The van der Waals surface area contributed by atoms with Gasteiger partial charge >= 0.3 is 0 Å². The number of para-hydroxylation sites is 1. The Hall–Kier alpha value is -5.45. The van der Waals surface area contributed by atoms with Crippen LogP contribution >= 0.6 is 11.6 Å². The van der Waals surface area contributed by atoms with Crippen LogP contribution in [0.5, 0.6) is 0 Å². The van der Waals surface area contributed by atoms with Crippen molar-refractivity contribution in [3.05, 3.63) is 155 Å². The molecule has 4 nitrogen and oxygen atoms in total. The Balaban J connectivity index is 1.32. The van der Waals surface area contributed by atoms with Gasteiger partial charge in [0.05, 0.1) is 0 Å². The second-order valence-electron chi connectivity index (χ2n) is 11.1. The number of rotatable bonds is 3. The maximum atomic E-state index is 7.04. The van der Waals surface area contributed by atoms with Gasteiger partial charge in [-0.2, -0.15) is 0 Å². The number of nitrogens with one attached hydrogen (secondary N) is 1. The number of halogens is 1. The third-order valence-electron chi connectivity index (χ3n) is 8.58. The molecule has 1 aromatic heterocycles. The van der Waals surface area contributed by atoms with E-state index in [2.05, 4.69) is 108 Å². The lowest BCUT2D eigenvalue weighted by Crippen LogP contribution is -2.34. The van der Waals surface area contributed by atoms with Crippen LogP contribution in [0, 0.1) is 0 Å². The largest absolute Gasteiger partial charge is 0.456 e. The molecule has 0 saturated heterocycles. The molecule has 8 aromatic rings. The molecule has 9 rings (SSSR count). The minimum Gasteiger partial charge on any atom is -0.456 e. The van der Waals surface area contributed by atoms with Crippen LogP contribution in [0.15, 0.2) is 148 Å². The topological polar surface area (TPSA) is 49.9 Å². The lowest BCUT2D eigenvalue weighted by molar-refractivity contribution is 0.662. The minimum absolute atomic E-state index is 0.508. The van der Waals surface area contributed by atoms with E-state index >= 15 is 0 Å². The number of fused-ring (bicyclic) bond motifs is 7. The third kappa shape index (κ3) is 3.92. The molecule has 1 N–H and O–H groups in total. The molecule has 0 bridgehead atoms. The van der Waals surface area contributed by atoms with Crippen LogP contribution in [0.4, 0.5) is 0 Å². The van der Waals surface area contributed by atoms with Crippen molar-refractivity contribution in [1.82, 2.24) is 5.32 Å². The Kier molecular flexibility index (Phi) is 5.59. The number of hydrogen-bond donors (Lipinski definition) is 1. The first kappa shape index (κ1) is 25.1. The lowest BCUT2D eigenvalue weighted by atomic mass is 9.96. The molecule has 0 spiro atoms. The number of aliphatic imine (C=N–C) groups is 2. The molecule has 0 fully saturated rings. The van der Waals surface area contributed by atoms with Gasteiger partial charge in [-0.1, -0.05) is 115 Å². The molecule has 1 atom stereocenters. The Morgan fingerprint density at radius 2 is 1.30 bits per heavy atom. The summed E-state index contributed by atoms with van der Waals surface area (Å²) in [5, 5.41) is 13.2. The smallest absolute Gasteiger partial charge is 0.160 e. The summed E-state index contributed by atoms with van der Waals surface area (Å²) in [6, 6.07) is 45.8. The van der Waals surface area contributed by atoms with Gasteiger partial charge in [0.15, 0.2) is 12.0 Å². The average molecular weight is 586 g/mol. The summed E-state index contributed by atoms with van der Waals surface area (Å²) in [6.45, 7) is 0. The minimum atomic E-state index is -0.508. The molecule has 1 aliphatic heterocycles. The predicted molar refractivity (Wildman–Crippen MR) is 183 cm³/mol. The van der Waals surface area contributed by atoms with Crippen molar-refractivity contribution in [3.63, 3.8) is 0 Å². The first-order valence-electron chi connectivity index (χ1n) is 14.6. The molecule has 5 heteroatoms. The van der Waals surface area contributed by atoms with Crippen LogP contribution in [0.25, 0.3) is 54.3 Å². The van der Waals surface area contributed by atoms with E-state index in [-0.39, 0.29) is 0 Å². The summed E-state index contributed by atoms with van der Waals surface area (Å²) < 4.78 is 6.25. The Morgan fingerprint density at radius 1 is 0.591 bits per heavy atom. The van der Waals surface area contributed by atoms with Crippen LogP contribution < -0.4 is 5.32 Å². The van der Waals surface area contributed by atoms with Gasteiger partial charge in [-0.25, -0.2) is 9.98 Å². The van der Waals surface area contributed by atoms with Gasteiger partial charge in [0.2, 0.25) is 0 Å². The van der Waals surface area contributed by atoms with Gasteiger partial charge in [0, 0.05) is 32.5 Å². The first-order chi connectivity index (χ1) is 21.7. The molecule has 208 valence electrons. The molecule has 0 radical (unpaired) electrons. The highest BCUT2D eigenvalue weighted by Crippen LogP contribution is 2.40. The average Bonchev–Trinajstić information content (AvgIpc) is 3.46. The van der Waals surface area contributed by atoms with Gasteiger partial charge in [0.1, 0.15) is 17.0 Å². The first-order valence-corrected chi connectivity index (χ1v) is 15.0. The molecule has 1 unspecified atom stereocenters. The van der Waals surface area contributed by atoms with E-state index in [0.717, 1.165) is 60.6 Å². The van der Waals surface area contributed by atoms with Crippen molar-refractivity contribution in [2.45, 2.75) is 6.17 Å². The maximum absolute atomic E-state index is 7.04. The highest BCUT2D eigenvalue weighted by Gasteiger charge is 2.27. The van der Waals surface area contributed by atoms with Crippen molar-refractivity contribution >= 4 is 77.5 Å². The van der Waals surface area contributed by atoms with E-state index in [1.54, 1.807) is 0 Å². The predicted octanol–water partition coefficient (Wildman–Crippen LogP) is 10.2. The molecule has 0 aliphatic carbocycles. The van der Waals surface area contributed by atoms with Crippen LogP contribution in [0.3, 0.4) is 0 Å². The third-order valence-corrected chi connectivity index (χ3v) is 8.91. The summed E-state index contributed by atoms with van der Waals surface area (Å²) in [6.07, 6.45) is -0.508. The van der Waals surface area contributed by atoms with E-state index in [9.17, 15) is 0 Å². The van der Waals surface area contributed by atoms with E-state index in [0.29, 0.717) is 10.9 Å². The van der Waals surface area contributed by atoms with Crippen molar-refractivity contribution in [2.75, 3.05) is 0 Å². The van der Waals surface area contributed by atoms with Crippen LogP contribution in [0.1, 0.15) is 22.9 Å². The highest BCUT2D eigenvalue weighted by molar-refractivity contribution is 6.33. The lowest BCUT2D eigenvalue weighted by Gasteiger charge is -2.25. The van der Waals surface area contributed by atoms with Crippen molar-refractivity contribution in [3.8, 4) is 0 Å². The van der Waals surface area contributed by atoms with Crippen LogP contribution in [0.2, 0.25) is 5.02 Å². The summed E-state index contributed by atoms with van der Waals surface area (Å²) >= 11 is 7.04. The Bertz CT molecular complexity index is 2510. The summed E-state index contributed by atoms with van der Waals surface area (Å²) in [7, 11) is 0. The standard InChI is InChI=1S/C39H24ClN3O/c40-32-19-20-34-35(30-15-7-8-16-33(30)44-34)36(32)39-42-37(26-18-17-23-9-1-2-10-24(23)21-26)41-38(43-39)31-22-25-11-3-4-12-27(25)28-13-5-6-14-29(28)31/h1-22,39H,(H,41,42,43). The van der Waals surface area contributed by atoms with Crippen LogP contribution in [-0.4, -0.2) is 11.7 Å². The van der Waals surface area contributed by atoms with Gasteiger partial charge in [0.25, 0.3) is 0 Å². The molecular weight excluding hydrogens is 562 g/mol. The van der Waals surface area contributed by atoms with E-state index in [4.69, 9.17) is 26.0 Å². The molecule has 44 heavy (non-hydrogen) atoms. The van der Waals surface area contributed by atoms with Gasteiger partial charge in [-0.3, -0.25) is 0 Å². The fraction of sp³-hybridized carbons (Fsp3) is 0.0256. The molecule has 0 amide bonds. The number of amidine groups is 2. The van der Waals surface area contributed by atoms with Gasteiger partial charge in [-0.15, -0.1) is 0 Å². The second-order valence-corrected chi connectivity index (χ2v) is 11.6. The maximum Gasteiger partial charge on any atom is 0.160 e. The normalized spacial score (nSPS) is 15.2. The number of benzene rings is 7. The SMILES string of the molecule is Clc1ccc2oc3ccccc3c2c1C1N=C(c2cc3ccccc3c3ccccc23)N=C(c2ccc3ccccc3c2)N1. The molecule has 7 aromatic carbocycles. The Morgan fingerprint density at radius 3 is 2.16 bits per heavy atom. The van der Waals surface area contributed by atoms with Crippen LogP contribution in [-0.2, 0) is 0 Å². The summed E-state index contributed by atoms with van der Waals surface area (Å²) in [5.41, 5.74) is 4.41. The fourth-order valence-electron chi connectivity index (χ4n) is 6.53. The number of hydrogen-bond acceptors (Lipinski definition) is 4. The zero-order valence-corrected chi connectivity index (χ0v) is 24.2. The van der Waals surface area contributed by atoms with Crippen molar-refractivity contribution < 1.29 is 4.42 Å². The molecule has 0 saturated carbocycles. The second kappa shape index (κ2) is 9.80. The summed E-state index contributed by atoms with van der Waals surface area (Å²) in [5.74, 6) is 1.39. The van der Waals surface area contributed by atoms with Crippen molar-refractivity contribution in [1.29, 1.82) is 0 Å². The zero-order chi connectivity index (χ0) is 29.2. The van der Waals surface area contributed by atoms with E-state index in [1.165, 1.54) is 16.2 Å². The van der Waals surface area contributed by atoms with E-state index < -0.39 is 6.17 Å². The monoisotopic (exact) mass is 585 g/mol. The molecule has 2 heterocycles. The zero-order valence-electron chi connectivity index (χ0n) is 23.5. The molecular formula is C39H24ClN3O. The number of furan rings is 1. The number of nitrogens with zero attached hydrogens (tertiary/aromatic N) is 2. The molecule has 1 aliphatic rings. The summed E-state index contributed by atoms with van der Waals surface area (Å²) in [4.78, 5) is 10.5.